The van der Waals surface area contributed by atoms with Gasteiger partial charge in [0.2, 0.25) is 0 Å². The van der Waals surface area contributed by atoms with Crippen LogP contribution in [0.25, 0.3) is 11.4 Å². The zero-order valence-electron chi connectivity index (χ0n) is 22.6. The lowest BCUT2D eigenvalue weighted by Gasteiger charge is -2.25. The number of alkyl halides is 3. The summed E-state index contributed by atoms with van der Waals surface area (Å²) in [5.41, 5.74) is 0.308. The van der Waals surface area contributed by atoms with Crippen molar-refractivity contribution in [3.8, 4) is 22.9 Å². The lowest BCUT2D eigenvalue weighted by molar-refractivity contribution is -0.158. The number of anilines is 1. The Morgan fingerprint density at radius 3 is 2.38 bits per heavy atom. The minimum atomic E-state index is -4.43. The second kappa shape index (κ2) is 11.5. The van der Waals surface area contributed by atoms with Crippen molar-refractivity contribution >= 4 is 17.6 Å². The molecule has 0 atom stereocenters. The van der Waals surface area contributed by atoms with Gasteiger partial charge in [-0.1, -0.05) is 12.1 Å². The number of aryl methyl sites for hydroxylation is 1. The number of hydrogen-bond acceptors (Lipinski definition) is 7. The van der Waals surface area contributed by atoms with E-state index in [4.69, 9.17) is 14.2 Å². The maximum atomic E-state index is 12.9. The van der Waals surface area contributed by atoms with Crippen LogP contribution in [0.5, 0.6) is 11.5 Å². The van der Waals surface area contributed by atoms with Crippen molar-refractivity contribution in [1.29, 1.82) is 0 Å². The molecule has 212 valence electrons. The van der Waals surface area contributed by atoms with Gasteiger partial charge in [0.05, 0.1) is 29.7 Å². The van der Waals surface area contributed by atoms with Crippen LogP contribution in [0.3, 0.4) is 0 Å². The highest BCUT2D eigenvalue weighted by molar-refractivity contribution is 5.92. The van der Waals surface area contributed by atoms with E-state index in [0.717, 1.165) is 25.0 Å². The van der Waals surface area contributed by atoms with Gasteiger partial charge in [0.1, 0.15) is 11.5 Å². The maximum Gasteiger partial charge on any atom is 0.416 e. The van der Waals surface area contributed by atoms with Crippen molar-refractivity contribution in [3.05, 3.63) is 65.5 Å². The number of carbonyl (C=O) groups is 2. The molecule has 0 unspecified atom stereocenters. The molecule has 11 heteroatoms. The zero-order valence-corrected chi connectivity index (χ0v) is 22.6. The summed E-state index contributed by atoms with van der Waals surface area (Å²) in [6, 6.07) is 9.63. The predicted octanol–water partition coefficient (Wildman–Crippen LogP) is 6.09. The highest BCUT2D eigenvalue weighted by Gasteiger charge is 2.33. The summed E-state index contributed by atoms with van der Waals surface area (Å²) < 4.78 is 55.2. The molecule has 0 bridgehead atoms. The largest absolute Gasteiger partial charge is 0.484 e. The molecule has 1 saturated carbocycles. The Morgan fingerprint density at radius 1 is 1.07 bits per heavy atom. The number of nitrogens with zero attached hydrogens (tertiary/aromatic N) is 2. The zero-order chi connectivity index (χ0) is 29.1. The van der Waals surface area contributed by atoms with Crippen LogP contribution in [0, 0.1) is 6.92 Å². The van der Waals surface area contributed by atoms with Crippen molar-refractivity contribution < 1.29 is 37.0 Å². The molecule has 0 aliphatic heterocycles. The molecule has 1 fully saturated rings. The molecule has 4 rings (SSSR count). The Kier molecular flexibility index (Phi) is 8.32. The summed E-state index contributed by atoms with van der Waals surface area (Å²) in [4.78, 5) is 33.6. The number of benzene rings is 2. The number of halogens is 3. The molecule has 40 heavy (non-hydrogen) atoms. The fourth-order valence-electron chi connectivity index (χ4n) is 3.89. The van der Waals surface area contributed by atoms with Gasteiger partial charge in [-0.2, -0.15) is 13.2 Å². The highest BCUT2D eigenvalue weighted by Crippen LogP contribution is 2.43. The minimum absolute atomic E-state index is 0.140. The number of ether oxygens (including phenoxy) is 3. The highest BCUT2D eigenvalue weighted by atomic mass is 19.4. The first-order chi connectivity index (χ1) is 18.9. The minimum Gasteiger partial charge on any atom is -0.484 e. The van der Waals surface area contributed by atoms with Crippen LogP contribution in [0.2, 0.25) is 0 Å². The molecular formula is C29H30F3N3O5. The lowest BCUT2D eigenvalue weighted by Crippen LogP contribution is -2.39. The number of nitrogens with one attached hydrogen (secondary N) is 1. The van der Waals surface area contributed by atoms with Crippen molar-refractivity contribution in [2.45, 2.75) is 58.2 Å². The number of rotatable bonds is 10. The third kappa shape index (κ3) is 7.08. The van der Waals surface area contributed by atoms with Crippen molar-refractivity contribution in [2.24, 2.45) is 0 Å². The standard InChI is InChI=1S/C29H30F3N3O5/c1-5-38-27(37)28(3,4)40-23-13-12-21(14-17(23)2)39-16-24(36)34-22-15-33-26(35-25(22)18-6-7-18)19-8-10-20(11-9-19)29(30,31)32/h8-15,18H,5-7,16H2,1-4H3,(H,34,36). The molecule has 8 nitrogen and oxygen atoms in total. The van der Waals surface area contributed by atoms with Crippen LogP contribution in [-0.2, 0) is 20.5 Å². The van der Waals surface area contributed by atoms with Gasteiger partial charge >= 0.3 is 12.1 Å². The van der Waals surface area contributed by atoms with E-state index in [1.54, 1.807) is 45.9 Å². The third-order valence-electron chi connectivity index (χ3n) is 6.18. The van der Waals surface area contributed by atoms with Gasteiger partial charge in [-0.3, -0.25) is 4.79 Å². The Balaban J connectivity index is 1.39. The summed E-state index contributed by atoms with van der Waals surface area (Å²) in [6.45, 7) is 6.72. The number of aromatic nitrogens is 2. The van der Waals surface area contributed by atoms with Crippen LogP contribution >= 0.6 is 0 Å². The molecule has 1 aliphatic carbocycles. The van der Waals surface area contributed by atoms with Crippen LogP contribution in [-0.4, -0.2) is 40.7 Å². The summed E-state index contributed by atoms with van der Waals surface area (Å²) in [6.07, 6.45) is -1.18. The fourth-order valence-corrected chi connectivity index (χ4v) is 3.89. The molecule has 1 heterocycles. The van der Waals surface area contributed by atoms with Crippen LogP contribution in [0.15, 0.2) is 48.7 Å². The van der Waals surface area contributed by atoms with Crippen molar-refractivity contribution in [2.75, 3.05) is 18.5 Å². The van der Waals surface area contributed by atoms with Crippen molar-refractivity contribution in [1.82, 2.24) is 9.97 Å². The molecule has 1 aliphatic rings. The van der Waals surface area contributed by atoms with E-state index in [9.17, 15) is 22.8 Å². The van der Waals surface area contributed by atoms with Gasteiger partial charge in [0.15, 0.2) is 18.0 Å². The van der Waals surface area contributed by atoms with Crippen LogP contribution < -0.4 is 14.8 Å². The molecule has 1 aromatic heterocycles. The predicted molar refractivity (Wildman–Crippen MR) is 141 cm³/mol. The number of carbonyl (C=O) groups excluding carboxylic acids is 2. The molecule has 3 aromatic rings. The normalized spacial score (nSPS) is 13.5. The smallest absolute Gasteiger partial charge is 0.416 e. The summed E-state index contributed by atoms with van der Waals surface area (Å²) >= 11 is 0. The topological polar surface area (TPSA) is 99.6 Å². The first-order valence-corrected chi connectivity index (χ1v) is 12.8. The second-order valence-electron chi connectivity index (χ2n) is 9.94. The van der Waals surface area contributed by atoms with E-state index in [2.05, 4.69) is 15.3 Å². The summed E-state index contributed by atoms with van der Waals surface area (Å²) in [5.74, 6) is 0.442. The maximum absolute atomic E-state index is 12.9. The Bertz CT molecular complexity index is 1390. The Hall–Kier alpha value is -4.15. The van der Waals surface area contributed by atoms with E-state index in [-0.39, 0.29) is 25.0 Å². The molecule has 0 radical (unpaired) electrons. The Morgan fingerprint density at radius 2 is 1.77 bits per heavy atom. The van der Waals surface area contributed by atoms with Gasteiger partial charge in [0, 0.05) is 11.5 Å². The van der Waals surface area contributed by atoms with E-state index in [1.807, 2.05) is 0 Å². The van der Waals surface area contributed by atoms with Crippen LogP contribution in [0.4, 0.5) is 18.9 Å². The number of esters is 1. The summed E-state index contributed by atoms with van der Waals surface area (Å²) in [5, 5.41) is 2.78. The Labute approximate surface area is 229 Å². The average Bonchev–Trinajstić information content (AvgIpc) is 3.74. The van der Waals surface area contributed by atoms with Gasteiger partial charge < -0.3 is 19.5 Å². The number of amides is 1. The first-order valence-electron chi connectivity index (χ1n) is 12.8. The molecule has 0 spiro atoms. The molecular weight excluding hydrogens is 527 g/mol. The van der Waals surface area contributed by atoms with Gasteiger partial charge in [0.25, 0.3) is 5.91 Å². The van der Waals surface area contributed by atoms with Gasteiger partial charge in [-0.25, -0.2) is 14.8 Å². The fraction of sp³-hybridized carbons (Fsp3) is 0.379. The van der Waals surface area contributed by atoms with E-state index in [0.29, 0.717) is 34.0 Å². The van der Waals surface area contributed by atoms with E-state index < -0.39 is 29.2 Å². The molecule has 1 N–H and O–H groups in total. The molecule has 2 aromatic carbocycles. The average molecular weight is 558 g/mol. The quantitative estimate of drug-likeness (QED) is 0.301. The summed E-state index contributed by atoms with van der Waals surface area (Å²) in [7, 11) is 0. The SMILES string of the molecule is CCOC(=O)C(C)(C)Oc1ccc(OCC(=O)Nc2cnc(-c3ccc(C(F)(F)F)cc3)nc2C2CC2)cc1C. The third-order valence-corrected chi connectivity index (χ3v) is 6.18. The second-order valence-corrected chi connectivity index (χ2v) is 9.94. The van der Waals surface area contributed by atoms with E-state index >= 15 is 0 Å². The molecule has 0 saturated heterocycles. The monoisotopic (exact) mass is 557 g/mol. The molecule has 1 amide bonds. The van der Waals surface area contributed by atoms with Gasteiger partial charge in [-0.05, 0) is 76.4 Å². The van der Waals surface area contributed by atoms with Crippen molar-refractivity contribution in [3.63, 3.8) is 0 Å². The first kappa shape index (κ1) is 28.8. The van der Waals surface area contributed by atoms with Gasteiger partial charge in [-0.15, -0.1) is 0 Å². The van der Waals surface area contributed by atoms with E-state index in [1.165, 1.54) is 18.3 Å². The van der Waals surface area contributed by atoms with Crippen LogP contribution in [0.1, 0.15) is 56.4 Å². The lowest BCUT2D eigenvalue weighted by atomic mass is 10.1. The number of hydrogen-bond donors (Lipinski definition) is 1.